The first-order chi connectivity index (χ1) is 15.1. The minimum absolute atomic E-state index is 0.350. The Balaban J connectivity index is 1.59. The second-order valence-corrected chi connectivity index (χ2v) is 8.43. The molecule has 3 aromatic rings. The van der Waals surface area contributed by atoms with E-state index in [1.807, 2.05) is 66.7 Å². The molecule has 160 valence electrons. The highest BCUT2D eigenvalue weighted by molar-refractivity contribution is 14.1. The molecule has 8 heteroatoms. The van der Waals surface area contributed by atoms with E-state index in [-0.39, 0.29) is 0 Å². The van der Waals surface area contributed by atoms with Crippen molar-refractivity contribution >= 4 is 57.7 Å². The van der Waals surface area contributed by atoms with Crippen molar-refractivity contribution in [2.45, 2.75) is 13.2 Å². The Morgan fingerprint density at radius 3 is 2.61 bits per heavy atom. The number of hydrogen-bond donors (Lipinski definition) is 2. The van der Waals surface area contributed by atoms with E-state index in [2.05, 4.69) is 38.4 Å². The Bertz CT molecular complexity index is 1060. The molecule has 0 saturated heterocycles. The first kappa shape index (κ1) is 23.3. The van der Waals surface area contributed by atoms with Crippen LogP contribution in [-0.2, 0) is 13.2 Å². The van der Waals surface area contributed by atoms with Crippen LogP contribution in [0.25, 0.3) is 0 Å². The number of hydrazone groups is 1. The van der Waals surface area contributed by atoms with Gasteiger partial charge in [0.15, 0.2) is 16.6 Å². The zero-order valence-corrected chi connectivity index (χ0v) is 20.5. The smallest absolute Gasteiger partial charge is 0.187 e. The maximum absolute atomic E-state index is 6.22. The molecule has 3 rings (SSSR count). The molecule has 31 heavy (non-hydrogen) atoms. The molecule has 0 spiro atoms. The first-order valence-electron chi connectivity index (χ1n) is 9.41. The van der Waals surface area contributed by atoms with E-state index in [0.717, 1.165) is 20.3 Å². The van der Waals surface area contributed by atoms with Gasteiger partial charge >= 0.3 is 0 Å². The fraction of sp³-hybridized carbons (Fsp3) is 0.130. The van der Waals surface area contributed by atoms with Gasteiger partial charge in [-0.05, 0) is 64.1 Å². The van der Waals surface area contributed by atoms with Gasteiger partial charge in [0.05, 0.1) is 16.9 Å². The van der Waals surface area contributed by atoms with Crippen molar-refractivity contribution in [1.29, 1.82) is 0 Å². The number of halogens is 2. The Morgan fingerprint density at radius 1 is 1.13 bits per heavy atom. The molecule has 0 heterocycles. The van der Waals surface area contributed by atoms with Gasteiger partial charge < -0.3 is 14.8 Å². The Hall–Kier alpha value is -2.36. The Morgan fingerprint density at radius 2 is 1.87 bits per heavy atom. The number of hydrogen-bond acceptors (Lipinski definition) is 4. The van der Waals surface area contributed by atoms with E-state index in [1.165, 1.54) is 0 Å². The minimum Gasteiger partial charge on any atom is -0.493 e. The van der Waals surface area contributed by atoms with Gasteiger partial charge in [-0.25, -0.2) is 0 Å². The lowest BCUT2D eigenvalue weighted by atomic mass is 10.2. The van der Waals surface area contributed by atoms with Gasteiger partial charge in [0, 0.05) is 17.1 Å². The third-order valence-corrected chi connectivity index (χ3v) is 5.66. The van der Waals surface area contributed by atoms with Gasteiger partial charge in [0.1, 0.15) is 6.61 Å². The monoisotopic (exact) mass is 565 g/mol. The highest BCUT2D eigenvalue weighted by Crippen LogP contribution is 2.34. The molecule has 3 aromatic carbocycles. The molecule has 0 aliphatic rings. The van der Waals surface area contributed by atoms with Crippen LogP contribution in [-0.4, -0.2) is 18.4 Å². The number of thiocarbonyl (C=S) groups is 1. The van der Waals surface area contributed by atoms with E-state index in [9.17, 15) is 0 Å². The van der Waals surface area contributed by atoms with Gasteiger partial charge in [-0.2, -0.15) is 5.10 Å². The average molecular weight is 566 g/mol. The number of methoxy groups -OCH3 is 1. The predicted octanol–water partition coefficient (Wildman–Crippen LogP) is 5.53. The third kappa shape index (κ3) is 7.09. The molecule has 0 saturated carbocycles. The maximum Gasteiger partial charge on any atom is 0.187 e. The molecule has 0 aliphatic carbocycles. The quantitative estimate of drug-likeness (QED) is 0.163. The van der Waals surface area contributed by atoms with Crippen LogP contribution in [0.5, 0.6) is 11.5 Å². The standard InChI is InChI=1S/C23H21ClIN3O2S/c1-29-21-12-17(14-27-28-23(31)26-13-16-7-3-2-4-8-16)11-20(25)22(21)30-15-18-9-5-6-10-19(18)24/h2-12,14H,13,15H2,1H3,(H2,26,28,31)/b27-14-. The molecule has 0 amide bonds. The summed E-state index contributed by atoms with van der Waals surface area (Å²) in [5.41, 5.74) is 5.73. The summed E-state index contributed by atoms with van der Waals surface area (Å²) in [6.07, 6.45) is 1.68. The fourth-order valence-electron chi connectivity index (χ4n) is 2.70. The first-order valence-corrected chi connectivity index (χ1v) is 11.3. The fourth-order valence-corrected chi connectivity index (χ4v) is 3.80. The summed E-state index contributed by atoms with van der Waals surface area (Å²) in [6, 6.07) is 21.4. The van der Waals surface area contributed by atoms with Crippen molar-refractivity contribution in [3.8, 4) is 11.5 Å². The van der Waals surface area contributed by atoms with E-state index in [4.69, 9.17) is 33.3 Å². The number of benzene rings is 3. The SMILES string of the molecule is COc1cc(/C=N\NC(=S)NCc2ccccc2)cc(I)c1OCc1ccccc1Cl. The van der Waals surface area contributed by atoms with E-state index >= 15 is 0 Å². The molecule has 0 bridgehead atoms. The zero-order chi connectivity index (χ0) is 22.1. The van der Waals surface area contributed by atoms with E-state index < -0.39 is 0 Å². The van der Waals surface area contributed by atoms with Crippen molar-refractivity contribution in [1.82, 2.24) is 10.7 Å². The van der Waals surface area contributed by atoms with Crippen LogP contribution < -0.4 is 20.2 Å². The van der Waals surface area contributed by atoms with Gasteiger partial charge in [0.2, 0.25) is 0 Å². The second kappa shape index (κ2) is 11.9. The molecule has 0 atom stereocenters. The summed E-state index contributed by atoms with van der Waals surface area (Å²) in [5, 5.41) is 8.44. The van der Waals surface area contributed by atoms with Crippen LogP contribution >= 0.6 is 46.4 Å². The van der Waals surface area contributed by atoms with Gasteiger partial charge in [0.25, 0.3) is 0 Å². The molecule has 0 unspecified atom stereocenters. The molecule has 0 fully saturated rings. The zero-order valence-electron chi connectivity index (χ0n) is 16.8. The largest absolute Gasteiger partial charge is 0.493 e. The van der Waals surface area contributed by atoms with Crippen molar-refractivity contribution in [2.24, 2.45) is 5.10 Å². The Kier molecular flexibility index (Phi) is 8.93. The second-order valence-electron chi connectivity index (χ2n) is 6.45. The van der Waals surface area contributed by atoms with Crippen LogP contribution in [0.1, 0.15) is 16.7 Å². The normalized spacial score (nSPS) is 10.7. The topological polar surface area (TPSA) is 54.9 Å². The lowest BCUT2D eigenvalue weighted by Gasteiger charge is -2.14. The number of nitrogens with zero attached hydrogens (tertiary/aromatic N) is 1. The average Bonchev–Trinajstić information content (AvgIpc) is 2.78. The summed E-state index contributed by atoms with van der Waals surface area (Å²) >= 11 is 13.7. The van der Waals surface area contributed by atoms with Crippen molar-refractivity contribution in [3.63, 3.8) is 0 Å². The molecule has 2 N–H and O–H groups in total. The van der Waals surface area contributed by atoms with Crippen molar-refractivity contribution in [2.75, 3.05) is 7.11 Å². The third-order valence-electron chi connectivity index (χ3n) is 4.26. The lowest BCUT2D eigenvalue weighted by Crippen LogP contribution is -2.31. The summed E-state index contributed by atoms with van der Waals surface area (Å²) in [6.45, 7) is 0.980. The van der Waals surface area contributed by atoms with E-state index in [0.29, 0.717) is 34.8 Å². The number of nitrogens with one attached hydrogen (secondary N) is 2. The lowest BCUT2D eigenvalue weighted by molar-refractivity contribution is 0.282. The minimum atomic E-state index is 0.350. The van der Waals surface area contributed by atoms with Crippen molar-refractivity contribution < 1.29 is 9.47 Å². The molecular formula is C23H21ClIN3O2S. The number of ether oxygens (including phenoxy) is 2. The van der Waals surface area contributed by atoms with Crippen LogP contribution in [0.2, 0.25) is 5.02 Å². The highest BCUT2D eigenvalue weighted by atomic mass is 127. The van der Waals surface area contributed by atoms with Gasteiger partial charge in [-0.15, -0.1) is 0 Å². The van der Waals surface area contributed by atoms with Crippen molar-refractivity contribution in [3.05, 3.63) is 92.0 Å². The summed E-state index contributed by atoms with van der Waals surface area (Å²) in [4.78, 5) is 0. The molecule has 0 radical (unpaired) electrons. The number of rotatable bonds is 8. The highest BCUT2D eigenvalue weighted by Gasteiger charge is 2.12. The molecular weight excluding hydrogens is 545 g/mol. The van der Waals surface area contributed by atoms with Gasteiger partial charge in [-0.3, -0.25) is 5.43 Å². The van der Waals surface area contributed by atoms with Crippen LogP contribution in [0.4, 0.5) is 0 Å². The summed E-state index contributed by atoms with van der Waals surface area (Å²) in [5.74, 6) is 1.28. The maximum atomic E-state index is 6.22. The molecule has 5 nitrogen and oxygen atoms in total. The van der Waals surface area contributed by atoms with Crippen LogP contribution in [0.3, 0.4) is 0 Å². The predicted molar refractivity (Wildman–Crippen MR) is 138 cm³/mol. The van der Waals surface area contributed by atoms with Gasteiger partial charge in [-0.1, -0.05) is 60.1 Å². The molecule has 0 aliphatic heterocycles. The summed E-state index contributed by atoms with van der Waals surface area (Å²) < 4.78 is 12.4. The van der Waals surface area contributed by atoms with Crippen LogP contribution in [0.15, 0.2) is 71.8 Å². The van der Waals surface area contributed by atoms with E-state index in [1.54, 1.807) is 13.3 Å². The molecule has 0 aromatic heterocycles. The Labute approximate surface area is 205 Å². The van der Waals surface area contributed by atoms with Crippen LogP contribution in [0, 0.1) is 3.57 Å². The summed E-state index contributed by atoms with van der Waals surface area (Å²) in [7, 11) is 1.61.